The largest absolute Gasteiger partial charge is 0.507 e. The fourth-order valence-corrected chi connectivity index (χ4v) is 3.67. The van der Waals surface area contributed by atoms with E-state index in [4.69, 9.17) is 0 Å². The maximum absolute atomic E-state index is 12.8. The van der Waals surface area contributed by atoms with Crippen LogP contribution in [0.5, 0.6) is 5.75 Å². The maximum atomic E-state index is 12.8. The number of aromatic nitrogens is 3. The highest BCUT2D eigenvalue weighted by Gasteiger charge is 2.31. The molecule has 0 unspecified atom stereocenters. The predicted octanol–water partition coefficient (Wildman–Crippen LogP) is 3.22. The summed E-state index contributed by atoms with van der Waals surface area (Å²) in [6.45, 7) is 7.41. The monoisotopic (exact) mass is 425 g/mol. The number of piperidine rings is 1. The number of hydrogen-bond acceptors (Lipinski definition) is 7. The van der Waals surface area contributed by atoms with Crippen molar-refractivity contribution in [3.05, 3.63) is 29.5 Å². The van der Waals surface area contributed by atoms with Gasteiger partial charge in [0.15, 0.2) is 0 Å². The van der Waals surface area contributed by atoms with Crippen molar-refractivity contribution >= 4 is 5.95 Å². The molecule has 30 heavy (non-hydrogen) atoms. The van der Waals surface area contributed by atoms with E-state index >= 15 is 0 Å². The van der Waals surface area contributed by atoms with Crippen molar-refractivity contribution in [3.8, 4) is 17.0 Å². The van der Waals surface area contributed by atoms with Gasteiger partial charge in [0, 0.05) is 24.7 Å². The number of likely N-dealkylation sites (tertiary alicyclic amines) is 1. The second-order valence-electron chi connectivity index (χ2n) is 8.33. The Morgan fingerprint density at radius 2 is 1.97 bits per heavy atom. The molecular formula is C20H26F3N5O2. The number of nitrogens with zero attached hydrogens (tertiary/aromatic N) is 4. The van der Waals surface area contributed by atoms with Gasteiger partial charge in [0.25, 0.3) is 0 Å². The Labute approximate surface area is 173 Å². The first kappa shape index (κ1) is 22.2. The molecule has 1 aromatic carbocycles. The number of aryl methyl sites for hydroxylation is 1. The Balaban J connectivity index is 1.73. The number of benzene rings is 1. The third-order valence-corrected chi connectivity index (χ3v) is 4.89. The smallest absolute Gasteiger partial charge is 0.416 e. The molecule has 0 spiro atoms. The van der Waals surface area contributed by atoms with E-state index in [0.717, 1.165) is 32.0 Å². The van der Waals surface area contributed by atoms with Crippen LogP contribution >= 0.6 is 0 Å². The van der Waals surface area contributed by atoms with Crippen LogP contribution in [0, 0.1) is 6.92 Å². The van der Waals surface area contributed by atoms with E-state index in [2.05, 4.69) is 25.4 Å². The molecule has 1 atom stereocenters. The summed E-state index contributed by atoms with van der Waals surface area (Å²) in [4.78, 5) is 6.55. The summed E-state index contributed by atoms with van der Waals surface area (Å²) in [6, 6.07) is 2.82. The molecule has 7 nitrogen and oxygen atoms in total. The third kappa shape index (κ3) is 5.57. The van der Waals surface area contributed by atoms with Gasteiger partial charge in [0.1, 0.15) is 11.4 Å². The summed E-state index contributed by atoms with van der Waals surface area (Å²) in [7, 11) is 0. The van der Waals surface area contributed by atoms with Gasteiger partial charge in [-0.15, -0.1) is 10.2 Å². The first-order valence-electron chi connectivity index (χ1n) is 9.75. The molecule has 0 radical (unpaired) electrons. The topological polar surface area (TPSA) is 94.4 Å². The number of anilines is 1. The molecule has 0 amide bonds. The quantitative estimate of drug-likeness (QED) is 0.677. The van der Waals surface area contributed by atoms with Gasteiger partial charge >= 0.3 is 6.18 Å². The average Bonchev–Trinajstić information content (AvgIpc) is 2.60. The second-order valence-corrected chi connectivity index (χ2v) is 8.33. The molecule has 0 saturated carbocycles. The number of nitrogens with one attached hydrogen (secondary N) is 1. The summed E-state index contributed by atoms with van der Waals surface area (Å²) in [6.07, 6.45) is -2.65. The fraction of sp³-hybridized carbons (Fsp3) is 0.550. The van der Waals surface area contributed by atoms with Crippen molar-refractivity contribution in [2.24, 2.45) is 0 Å². The number of β-amino-alcohol motifs (C(OH)–C–C–N with tert-alkyl or cyclic N) is 1. The zero-order valence-electron chi connectivity index (χ0n) is 17.2. The van der Waals surface area contributed by atoms with Crippen LogP contribution in [0.3, 0.4) is 0 Å². The molecular weight excluding hydrogens is 399 g/mol. The molecule has 2 heterocycles. The predicted molar refractivity (Wildman–Crippen MR) is 106 cm³/mol. The van der Waals surface area contributed by atoms with E-state index in [1.54, 1.807) is 20.8 Å². The van der Waals surface area contributed by atoms with Crippen molar-refractivity contribution in [1.29, 1.82) is 0 Å². The van der Waals surface area contributed by atoms with E-state index in [-0.39, 0.29) is 17.3 Å². The van der Waals surface area contributed by atoms with Crippen LogP contribution in [-0.4, -0.2) is 61.6 Å². The Morgan fingerprint density at radius 1 is 1.23 bits per heavy atom. The molecule has 1 aliphatic rings. The van der Waals surface area contributed by atoms with Crippen molar-refractivity contribution in [3.63, 3.8) is 0 Å². The van der Waals surface area contributed by atoms with Crippen LogP contribution in [0.15, 0.2) is 18.2 Å². The van der Waals surface area contributed by atoms with E-state index in [0.29, 0.717) is 24.3 Å². The van der Waals surface area contributed by atoms with Gasteiger partial charge in [-0.3, -0.25) is 4.90 Å². The second kappa shape index (κ2) is 8.35. The molecule has 0 bridgehead atoms. The van der Waals surface area contributed by atoms with Crippen LogP contribution in [0.25, 0.3) is 11.3 Å². The Kier molecular flexibility index (Phi) is 6.19. The lowest BCUT2D eigenvalue weighted by Crippen LogP contribution is -2.47. The van der Waals surface area contributed by atoms with E-state index in [1.165, 1.54) is 6.07 Å². The maximum Gasteiger partial charge on any atom is 0.416 e. The van der Waals surface area contributed by atoms with Gasteiger partial charge in [-0.2, -0.15) is 13.2 Å². The molecule has 164 valence electrons. The number of hydrogen-bond donors (Lipinski definition) is 3. The standard InChI is InChI=1S/C20H26F3N5O2/c1-12-17(15-7-6-13(9-16(15)29)20(21,22)23)26-27-18(24-12)25-14-5-4-8-28(10-14)11-19(2,3)30/h6-7,9,14,29-30H,4-5,8,10-11H2,1-3H3,(H,24,25,27)/t14-/m1/s1. The first-order chi connectivity index (χ1) is 13.9. The molecule has 0 aliphatic carbocycles. The number of phenols is 1. The minimum Gasteiger partial charge on any atom is -0.507 e. The number of phenolic OH excluding ortho intramolecular Hbond substituents is 1. The van der Waals surface area contributed by atoms with Gasteiger partial charge in [-0.1, -0.05) is 0 Å². The van der Waals surface area contributed by atoms with Crippen molar-refractivity contribution in [1.82, 2.24) is 20.1 Å². The minimum atomic E-state index is -4.54. The number of aromatic hydroxyl groups is 1. The van der Waals surface area contributed by atoms with Crippen LogP contribution in [0.2, 0.25) is 0 Å². The van der Waals surface area contributed by atoms with Crippen LogP contribution < -0.4 is 5.32 Å². The molecule has 1 fully saturated rings. The lowest BCUT2D eigenvalue weighted by molar-refractivity contribution is -0.137. The molecule has 1 aromatic heterocycles. The van der Waals surface area contributed by atoms with Gasteiger partial charge in [0.05, 0.1) is 16.9 Å². The van der Waals surface area contributed by atoms with E-state index < -0.39 is 23.1 Å². The molecule has 10 heteroatoms. The van der Waals surface area contributed by atoms with Gasteiger partial charge in [0.2, 0.25) is 5.95 Å². The SMILES string of the molecule is Cc1nc(N[C@@H]2CCCN(CC(C)(C)O)C2)nnc1-c1ccc(C(F)(F)F)cc1O. The zero-order chi connectivity index (χ0) is 22.1. The van der Waals surface area contributed by atoms with E-state index in [1.807, 2.05) is 0 Å². The van der Waals surface area contributed by atoms with E-state index in [9.17, 15) is 23.4 Å². The lowest BCUT2D eigenvalue weighted by Gasteiger charge is -2.36. The normalized spacial score (nSPS) is 18.4. The van der Waals surface area contributed by atoms with Crippen LogP contribution in [-0.2, 0) is 6.18 Å². The van der Waals surface area contributed by atoms with Gasteiger partial charge in [-0.05, 0) is 58.4 Å². The number of alkyl halides is 3. The van der Waals surface area contributed by atoms with Crippen molar-refractivity contribution in [2.75, 3.05) is 25.0 Å². The zero-order valence-corrected chi connectivity index (χ0v) is 17.2. The van der Waals surface area contributed by atoms with Crippen LogP contribution in [0.4, 0.5) is 19.1 Å². The summed E-state index contributed by atoms with van der Waals surface area (Å²) in [5, 5.41) is 31.4. The van der Waals surface area contributed by atoms with Crippen LogP contribution in [0.1, 0.15) is 37.9 Å². The molecule has 3 N–H and O–H groups in total. The van der Waals surface area contributed by atoms with Gasteiger partial charge < -0.3 is 15.5 Å². The molecule has 2 aromatic rings. The minimum absolute atomic E-state index is 0.0904. The summed E-state index contributed by atoms with van der Waals surface area (Å²) < 4.78 is 38.4. The summed E-state index contributed by atoms with van der Waals surface area (Å²) in [5.74, 6) is -0.211. The number of halogens is 3. The van der Waals surface area contributed by atoms with Crippen molar-refractivity contribution in [2.45, 2.75) is 51.4 Å². The first-order valence-corrected chi connectivity index (χ1v) is 9.75. The average molecular weight is 425 g/mol. The fourth-order valence-electron chi connectivity index (χ4n) is 3.67. The Morgan fingerprint density at radius 3 is 2.57 bits per heavy atom. The number of aliphatic hydroxyl groups is 1. The Bertz CT molecular complexity index is 899. The summed E-state index contributed by atoms with van der Waals surface area (Å²) >= 11 is 0. The highest BCUT2D eigenvalue weighted by Crippen LogP contribution is 2.36. The summed E-state index contributed by atoms with van der Waals surface area (Å²) in [5.41, 5.74) is -0.914. The highest BCUT2D eigenvalue weighted by atomic mass is 19.4. The molecule has 1 saturated heterocycles. The number of rotatable bonds is 5. The molecule has 1 aliphatic heterocycles. The molecule has 3 rings (SSSR count). The highest BCUT2D eigenvalue weighted by molar-refractivity contribution is 5.69. The van der Waals surface area contributed by atoms with Gasteiger partial charge in [-0.25, -0.2) is 4.98 Å². The Hall–Kier alpha value is -2.46. The van der Waals surface area contributed by atoms with Crippen molar-refractivity contribution < 1.29 is 23.4 Å². The third-order valence-electron chi connectivity index (χ3n) is 4.89. The lowest BCUT2D eigenvalue weighted by atomic mass is 10.0.